The maximum atomic E-state index is 11.1. The van der Waals surface area contributed by atoms with Crippen molar-refractivity contribution in [2.75, 3.05) is 13.7 Å². The lowest BCUT2D eigenvalue weighted by Crippen LogP contribution is -2.17. The van der Waals surface area contributed by atoms with Crippen LogP contribution < -0.4 is 20.5 Å². The van der Waals surface area contributed by atoms with E-state index in [0.717, 1.165) is 30.8 Å². The number of hydrogen-bond acceptors (Lipinski definition) is 5. The number of benzene rings is 2. The topological polar surface area (TPSA) is 86.5 Å². The van der Waals surface area contributed by atoms with Crippen molar-refractivity contribution in [3.8, 4) is 17.4 Å². The number of amides is 1. The van der Waals surface area contributed by atoms with Crippen molar-refractivity contribution >= 4 is 5.91 Å². The average Bonchev–Trinajstić information content (AvgIpc) is 2.73. The van der Waals surface area contributed by atoms with Crippen molar-refractivity contribution in [1.82, 2.24) is 10.3 Å². The van der Waals surface area contributed by atoms with Gasteiger partial charge in [0.05, 0.1) is 12.7 Å². The van der Waals surface area contributed by atoms with Crippen LogP contribution in [0.2, 0.25) is 0 Å². The van der Waals surface area contributed by atoms with Crippen LogP contribution >= 0.6 is 0 Å². The summed E-state index contributed by atoms with van der Waals surface area (Å²) in [7, 11) is 1.68. The zero-order valence-electron chi connectivity index (χ0n) is 15.7. The van der Waals surface area contributed by atoms with Crippen molar-refractivity contribution in [3.63, 3.8) is 0 Å². The molecule has 1 aromatic heterocycles. The Morgan fingerprint density at radius 2 is 1.86 bits per heavy atom. The van der Waals surface area contributed by atoms with Crippen LogP contribution in [-0.4, -0.2) is 24.5 Å². The number of pyridine rings is 1. The van der Waals surface area contributed by atoms with Crippen molar-refractivity contribution in [1.29, 1.82) is 0 Å². The van der Waals surface area contributed by atoms with E-state index < -0.39 is 5.91 Å². The first-order valence-electron chi connectivity index (χ1n) is 9.01. The molecule has 0 aliphatic rings. The van der Waals surface area contributed by atoms with Gasteiger partial charge in [0.2, 0.25) is 11.8 Å². The molecule has 0 radical (unpaired) electrons. The quantitative estimate of drug-likeness (QED) is 0.559. The summed E-state index contributed by atoms with van der Waals surface area (Å²) in [5.74, 6) is 1.48. The van der Waals surface area contributed by atoms with Gasteiger partial charge in [-0.15, -0.1) is 0 Å². The van der Waals surface area contributed by atoms with Crippen molar-refractivity contribution in [3.05, 3.63) is 83.6 Å². The van der Waals surface area contributed by atoms with E-state index in [2.05, 4.69) is 16.4 Å². The molecule has 0 atom stereocenters. The molecule has 144 valence electrons. The highest BCUT2D eigenvalue weighted by atomic mass is 16.5. The number of primary amides is 1. The lowest BCUT2D eigenvalue weighted by molar-refractivity contribution is 0.1000. The van der Waals surface area contributed by atoms with Crippen LogP contribution in [0.3, 0.4) is 0 Å². The molecule has 0 aliphatic heterocycles. The number of rotatable bonds is 9. The second-order valence-corrected chi connectivity index (χ2v) is 6.23. The fourth-order valence-electron chi connectivity index (χ4n) is 2.74. The minimum Gasteiger partial charge on any atom is -0.496 e. The molecule has 28 heavy (non-hydrogen) atoms. The number of aromatic nitrogens is 1. The van der Waals surface area contributed by atoms with Gasteiger partial charge in [-0.1, -0.05) is 30.3 Å². The first kappa shape index (κ1) is 19.4. The molecule has 0 bridgehead atoms. The average molecular weight is 377 g/mol. The van der Waals surface area contributed by atoms with Gasteiger partial charge in [-0.05, 0) is 42.8 Å². The van der Waals surface area contributed by atoms with E-state index in [1.807, 2.05) is 42.5 Å². The maximum Gasteiger partial charge on any atom is 0.250 e. The summed E-state index contributed by atoms with van der Waals surface area (Å²) in [5, 5.41) is 3.43. The molecule has 6 heteroatoms. The molecule has 0 spiro atoms. The number of carbonyl (C=O) groups is 1. The van der Waals surface area contributed by atoms with Gasteiger partial charge in [-0.3, -0.25) is 4.79 Å². The smallest absolute Gasteiger partial charge is 0.250 e. The zero-order valence-corrected chi connectivity index (χ0v) is 15.7. The molecular formula is C22H23N3O3. The number of carbonyl (C=O) groups excluding carboxylic acids is 1. The van der Waals surface area contributed by atoms with Crippen LogP contribution in [-0.2, 0) is 13.0 Å². The summed E-state index contributed by atoms with van der Waals surface area (Å²) < 4.78 is 11.0. The molecule has 1 heterocycles. The number of ether oxygens (including phenoxy) is 2. The van der Waals surface area contributed by atoms with Gasteiger partial charge < -0.3 is 20.5 Å². The van der Waals surface area contributed by atoms with Gasteiger partial charge >= 0.3 is 0 Å². The highest BCUT2D eigenvalue weighted by Crippen LogP contribution is 2.20. The standard InChI is InChI=1S/C22H23N3O3/c1-27-20-5-3-2-4-17(20)14-24-13-12-16-6-9-19(10-7-16)28-21-11-8-18(15-25-21)22(23)26/h2-11,15,24H,12-14H2,1H3,(H2,23,26). The Morgan fingerprint density at radius 1 is 1.07 bits per heavy atom. The predicted molar refractivity (Wildman–Crippen MR) is 108 cm³/mol. The lowest BCUT2D eigenvalue weighted by atomic mass is 10.1. The minimum atomic E-state index is -0.511. The van der Waals surface area contributed by atoms with Gasteiger partial charge in [0.15, 0.2) is 0 Å². The third-order valence-electron chi connectivity index (χ3n) is 4.27. The number of nitrogens with one attached hydrogen (secondary N) is 1. The lowest BCUT2D eigenvalue weighted by Gasteiger charge is -2.10. The summed E-state index contributed by atoms with van der Waals surface area (Å²) >= 11 is 0. The minimum absolute atomic E-state index is 0.350. The molecule has 3 rings (SSSR count). The van der Waals surface area contributed by atoms with E-state index >= 15 is 0 Å². The van der Waals surface area contributed by atoms with E-state index in [9.17, 15) is 4.79 Å². The Morgan fingerprint density at radius 3 is 2.54 bits per heavy atom. The van der Waals surface area contributed by atoms with Gasteiger partial charge in [0, 0.05) is 24.4 Å². The zero-order chi connectivity index (χ0) is 19.8. The third-order valence-corrected chi connectivity index (χ3v) is 4.27. The molecule has 0 unspecified atom stereocenters. The monoisotopic (exact) mass is 377 g/mol. The van der Waals surface area contributed by atoms with Crippen LogP contribution in [0.15, 0.2) is 66.9 Å². The van der Waals surface area contributed by atoms with Crippen LogP contribution in [0.25, 0.3) is 0 Å². The summed E-state index contributed by atoms with van der Waals surface area (Å²) in [5.41, 5.74) is 7.90. The SMILES string of the molecule is COc1ccccc1CNCCc1ccc(Oc2ccc(C(N)=O)cn2)cc1. The second-order valence-electron chi connectivity index (χ2n) is 6.23. The Labute approximate surface area is 164 Å². The predicted octanol–water partition coefficient (Wildman–Crippen LogP) is 3.31. The summed E-state index contributed by atoms with van der Waals surface area (Å²) in [4.78, 5) is 15.1. The molecule has 3 aromatic rings. The Kier molecular flexibility index (Phi) is 6.59. The molecule has 0 aliphatic carbocycles. The van der Waals surface area contributed by atoms with Gasteiger partial charge in [-0.2, -0.15) is 0 Å². The van der Waals surface area contributed by atoms with Crippen molar-refractivity contribution < 1.29 is 14.3 Å². The van der Waals surface area contributed by atoms with E-state index in [-0.39, 0.29) is 0 Å². The Bertz CT molecular complexity index is 909. The van der Waals surface area contributed by atoms with Gasteiger partial charge in [0.25, 0.3) is 0 Å². The second kappa shape index (κ2) is 9.53. The Hall–Kier alpha value is -3.38. The number of methoxy groups -OCH3 is 1. The summed E-state index contributed by atoms with van der Waals surface area (Å²) in [6, 6.07) is 19.1. The van der Waals surface area contributed by atoms with E-state index in [4.69, 9.17) is 15.2 Å². The maximum absolute atomic E-state index is 11.1. The van der Waals surface area contributed by atoms with Crippen LogP contribution in [0, 0.1) is 0 Å². The highest BCUT2D eigenvalue weighted by molar-refractivity contribution is 5.92. The largest absolute Gasteiger partial charge is 0.496 e. The van der Waals surface area contributed by atoms with Gasteiger partial charge in [0.1, 0.15) is 11.5 Å². The first-order valence-corrected chi connectivity index (χ1v) is 9.01. The molecular weight excluding hydrogens is 354 g/mol. The van der Waals surface area contributed by atoms with E-state index in [1.54, 1.807) is 19.2 Å². The Balaban J connectivity index is 1.47. The fraction of sp³-hybridized carbons (Fsp3) is 0.182. The number of hydrogen-bond donors (Lipinski definition) is 2. The molecule has 0 saturated heterocycles. The summed E-state index contributed by atoms with van der Waals surface area (Å²) in [6.07, 6.45) is 2.31. The molecule has 1 amide bonds. The van der Waals surface area contributed by atoms with Crippen LogP contribution in [0.1, 0.15) is 21.5 Å². The number of para-hydroxylation sites is 1. The van der Waals surface area contributed by atoms with Crippen LogP contribution in [0.4, 0.5) is 0 Å². The number of nitrogens with two attached hydrogens (primary N) is 1. The van der Waals surface area contributed by atoms with E-state index in [1.165, 1.54) is 11.8 Å². The van der Waals surface area contributed by atoms with Crippen molar-refractivity contribution in [2.24, 2.45) is 5.73 Å². The molecule has 0 fully saturated rings. The molecule has 2 aromatic carbocycles. The fourth-order valence-corrected chi connectivity index (χ4v) is 2.74. The first-order chi connectivity index (χ1) is 13.7. The summed E-state index contributed by atoms with van der Waals surface area (Å²) in [6.45, 7) is 1.62. The number of nitrogens with zero attached hydrogens (tertiary/aromatic N) is 1. The molecule has 3 N–H and O–H groups in total. The normalized spacial score (nSPS) is 10.5. The van der Waals surface area contributed by atoms with Crippen molar-refractivity contribution in [2.45, 2.75) is 13.0 Å². The third kappa shape index (κ3) is 5.31. The van der Waals surface area contributed by atoms with Gasteiger partial charge in [-0.25, -0.2) is 4.98 Å². The highest BCUT2D eigenvalue weighted by Gasteiger charge is 2.04. The van der Waals surface area contributed by atoms with E-state index in [0.29, 0.717) is 17.2 Å². The molecule has 0 saturated carbocycles. The molecule has 6 nitrogen and oxygen atoms in total. The van der Waals surface area contributed by atoms with Crippen LogP contribution in [0.5, 0.6) is 17.4 Å².